The predicted molar refractivity (Wildman–Crippen MR) is 148 cm³/mol. The molecule has 0 aromatic heterocycles. The number of hydrogen-bond acceptors (Lipinski definition) is 7. The Hall–Kier alpha value is -3.47. The molecule has 0 saturated carbocycles. The molecule has 216 valence electrons. The monoisotopic (exact) mass is 545 g/mol. The Morgan fingerprint density at radius 3 is 2.44 bits per heavy atom. The summed E-state index contributed by atoms with van der Waals surface area (Å²) >= 11 is 0. The third-order valence-corrected chi connectivity index (χ3v) is 6.73. The van der Waals surface area contributed by atoms with Gasteiger partial charge >= 0.3 is 18.0 Å². The molecule has 1 aromatic rings. The van der Waals surface area contributed by atoms with E-state index in [0.717, 1.165) is 6.42 Å². The van der Waals surface area contributed by atoms with Crippen molar-refractivity contribution in [3.63, 3.8) is 0 Å². The number of likely N-dealkylation sites (N-methyl/N-ethyl adjacent to an activating group) is 1. The van der Waals surface area contributed by atoms with E-state index in [9.17, 15) is 14.4 Å². The third kappa shape index (κ3) is 7.14. The number of urea groups is 2. The molecule has 2 aliphatic heterocycles. The number of nitrogens with zero attached hydrogens (tertiary/aromatic N) is 3. The first-order valence-corrected chi connectivity index (χ1v) is 13.5. The summed E-state index contributed by atoms with van der Waals surface area (Å²) in [5, 5.41) is 6.02. The van der Waals surface area contributed by atoms with Gasteiger partial charge in [-0.2, -0.15) is 0 Å². The summed E-state index contributed by atoms with van der Waals surface area (Å²) in [7, 11) is 3.07. The van der Waals surface area contributed by atoms with Crippen molar-refractivity contribution in [1.29, 1.82) is 0 Å². The number of para-hydroxylation sites is 1. The Bertz CT molecular complexity index is 1080. The number of ether oxygens (including phenoxy) is 3. The number of hydrogen-bond donors (Lipinski definition) is 2. The highest BCUT2D eigenvalue weighted by Gasteiger charge is 2.40. The van der Waals surface area contributed by atoms with E-state index in [1.165, 1.54) is 14.2 Å². The van der Waals surface area contributed by atoms with Crippen LogP contribution in [0.15, 0.2) is 29.5 Å². The van der Waals surface area contributed by atoms with Crippen molar-refractivity contribution in [1.82, 2.24) is 25.3 Å². The van der Waals surface area contributed by atoms with Gasteiger partial charge in [-0.15, -0.1) is 0 Å². The fourth-order valence-corrected chi connectivity index (χ4v) is 4.97. The van der Waals surface area contributed by atoms with Crippen LogP contribution in [-0.4, -0.2) is 98.4 Å². The summed E-state index contributed by atoms with van der Waals surface area (Å²) in [5.41, 5.74) is 1.22. The first-order chi connectivity index (χ1) is 18.5. The number of benzene rings is 1. The van der Waals surface area contributed by atoms with Crippen LogP contribution in [0.5, 0.6) is 11.5 Å². The molecule has 2 N–H and O–H groups in total. The van der Waals surface area contributed by atoms with E-state index < -0.39 is 12.0 Å². The second-order valence-electron chi connectivity index (χ2n) is 10.6. The van der Waals surface area contributed by atoms with Crippen LogP contribution in [0.4, 0.5) is 9.59 Å². The molecule has 1 fully saturated rings. The summed E-state index contributed by atoms with van der Waals surface area (Å²) in [4.78, 5) is 45.2. The molecule has 0 spiro atoms. The minimum Gasteiger partial charge on any atom is -0.493 e. The Kier molecular flexibility index (Phi) is 10.1. The first kappa shape index (κ1) is 30.1. The lowest BCUT2D eigenvalue weighted by Gasteiger charge is -2.38. The van der Waals surface area contributed by atoms with Crippen molar-refractivity contribution in [2.75, 3.05) is 60.1 Å². The molecule has 0 unspecified atom stereocenters. The number of rotatable bonds is 8. The van der Waals surface area contributed by atoms with Crippen molar-refractivity contribution < 1.29 is 28.6 Å². The molecule has 11 heteroatoms. The Labute approximate surface area is 231 Å². The van der Waals surface area contributed by atoms with E-state index >= 15 is 0 Å². The Morgan fingerprint density at radius 2 is 1.82 bits per heavy atom. The number of methoxy groups -OCH3 is 2. The van der Waals surface area contributed by atoms with Crippen LogP contribution in [0.2, 0.25) is 0 Å². The molecule has 39 heavy (non-hydrogen) atoms. The largest absolute Gasteiger partial charge is 0.493 e. The summed E-state index contributed by atoms with van der Waals surface area (Å²) in [6.07, 6.45) is 0.769. The maximum Gasteiger partial charge on any atom is 0.338 e. The van der Waals surface area contributed by atoms with Gasteiger partial charge in [0.25, 0.3) is 0 Å². The zero-order valence-corrected chi connectivity index (χ0v) is 24.3. The van der Waals surface area contributed by atoms with Crippen LogP contribution < -0.4 is 20.1 Å². The van der Waals surface area contributed by atoms with Crippen LogP contribution in [-0.2, 0) is 9.53 Å². The van der Waals surface area contributed by atoms with Crippen LogP contribution in [0, 0.1) is 0 Å². The highest BCUT2D eigenvalue weighted by atomic mass is 16.5. The molecule has 2 heterocycles. The highest BCUT2D eigenvalue weighted by Crippen LogP contribution is 2.40. The lowest BCUT2D eigenvalue weighted by molar-refractivity contribution is -0.139. The minimum absolute atomic E-state index is 0.0896. The molecule has 1 saturated heterocycles. The van der Waals surface area contributed by atoms with Gasteiger partial charge in [-0.1, -0.05) is 12.1 Å². The summed E-state index contributed by atoms with van der Waals surface area (Å²) in [5.74, 6) is 0.432. The molecule has 1 atom stereocenters. The number of nitrogens with one attached hydrogen (secondary N) is 2. The van der Waals surface area contributed by atoms with Crippen molar-refractivity contribution in [3.05, 3.63) is 35.0 Å². The highest BCUT2D eigenvalue weighted by molar-refractivity contribution is 5.95. The van der Waals surface area contributed by atoms with E-state index in [1.54, 1.807) is 24.0 Å². The summed E-state index contributed by atoms with van der Waals surface area (Å²) < 4.78 is 16.6. The topological polar surface area (TPSA) is 113 Å². The fourth-order valence-electron chi connectivity index (χ4n) is 4.97. The molecule has 1 aromatic carbocycles. The van der Waals surface area contributed by atoms with Gasteiger partial charge in [-0.05, 0) is 47.1 Å². The molecular formula is C28H43N5O6. The number of amides is 4. The quantitative estimate of drug-likeness (QED) is 0.483. The molecular weight excluding hydrogens is 502 g/mol. The van der Waals surface area contributed by atoms with Gasteiger partial charge in [0.2, 0.25) is 0 Å². The van der Waals surface area contributed by atoms with E-state index in [1.807, 2.05) is 38.7 Å². The van der Waals surface area contributed by atoms with Gasteiger partial charge in [0.15, 0.2) is 11.5 Å². The van der Waals surface area contributed by atoms with Gasteiger partial charge in [0.1, 0.15) is 0 Å². The number of carbonyl (C=O) groups excluding carboxylic acids is 3. The predicted octanol–water partition coefficient (Wildman–Crippen LogP) is 3.12. The van der Waals surface area contributed by atoms with E-state index in [-0.39, 0.29) is 24.2 Å². The molecule has 3 rings (SSSR count). The van der Waals surface area contributed by atoms with Crippen molar-refractivity contribution >= 4 is 18.0 Å². The fraction of sp³-hybridized carbons (Fsp3) is 0.607. The van der Waals surface area contributed by atoms with Gasteiger partial charge in [-0.3, -0.25) is 9.80 Å². The molecule has 11 nitrogen and oxygen atoms in total. The normalized spacial score (nSPS) is 18.8. The van der Waals surface area contributed by atoms with Gasteiger partial charge < -0.3 is 29.7 Å². The van der Waals surface area contributed by atoms with E-state index in [0.29, 0.717) is 67.6 Å². The zero-order chi connectivity index (χ0) is 28.7. The third-order valence-electron chi connectivity index (χ3n) is 6.73. The Balaban J connectivity index is 2.00. The van der Waals surface area contributed by atoms with E-state index in [2.05, 4.69) is 15.5 Å². The maximum absolute atomic E-state index is 13.5. The SMILES string of the molecule is CCOC(=O)C1=C(CN2CCCN(C(=O)NC(C)(C)C)CC2)N(CC)C(=O)N[C@@H]1c1cccc(OC)c1OC. The molecule has 4 amide bonds. The Morgan fingerprint density at radius 1 is 1.08 bits per heavy atom. The van der Waals surface area contributed by atoms with Crippen LogP contribution in [0.25, 0.3) is 0 Å². The lowest BCUT2D eigenvalue weighted by Crippen LogP contribution is -2.51. The van der Waals surface area contributed by atoms with Crippen molar-refractivity contribution in [2.24, 2.45) is 0 Å². The van der Waals surface area contributed by atoms with Crippen molar-refractivity contribution in [3.8, 4) is 11.5 Å². The first-order valence-electron chi connectivity index (χ1n) is 13.5. The van der Waals surface area contributed by atoms with Gasteiger partial charge in [0, 0.05) is 56.1 Å². The van der Waals surface area contributed by atoms with E-state index in [4.69, 9.17) is 14.2 Å². The molecule has 2 aliphatic rings. The summed E-state index contributed by atoms with van der Waals surface area (Å²) in [6.45, 7) is 12.9. The maximum atomic E-state index is 13.5. The van der Waals surface area contributed by atoms with Crippen LogP contribution in [0.3, 0.4) is 0 Å². The van der Waals surface area contributed by atoms with Crippen LogP contribution >= 0.6 is 0 Å². The number of carbonyl (C=O) groups is 3. The standard InChI is InChI=1S/C28H43N5O6/c1-8-33-20(18-31-14-11-15-32(17-16-31)27(36)30-28(3,4)5)22(25(34)39-9-2)23(29-26(33)35)19-12-10-13-21(37-6)24(19)38-7/h10,12-13,23H,8-9,11,14-18H2,1-7H3,(H,29,35)(H,30,36)/t23-/m1/s1. The second kappa shape index (κ2) is 13.1. The smallest absolute Gasteiger partial charge is 0.338 e. The van der Waals surface area contributed by atoms with Gasteiger partial charge in [0.05, 0.1) is 32.4 Å². The van der Waals surface area contributed by atoms with Crippen LogP contribution in [0.1, 0.15) is 52.6 Å². The molecule has 0 radical (unpaired) electrons. The number of esters is 1. The minimum atomic E-state index is -0.791. The molecule has 0 aliphatic carbocycles. The van der Waals surface area contributed by atoms with Crippen molar-refractivity contribution in [2.45, 2.75) is 52.6 Å². The average molecular weight is 546 g/mol. The summed E-state index contributed by atoms with van der Waals surface area (Å²) in [6, 6.07) is 4.18. The molecule has 0 bridgehead atoms. The average Bonchev–Trinajstić information content (AvgIpc) is 3.12. The lowest BCUT2D eigenvalue weighted by atomic mass is 9.93. The van der Waals surface area contributed by atoms with Gasteiger partial charge in [-0.25, -0.2) is 14.4 Å². The zero-order valence-electron chi connectivity index (χ0n) is 24.3. The second-order valence-corrected chi connectivity index (χ2v) is 10.6.